The molecule has 2 rings (SSSR count). The van der Waals surface area contributed by atoms with Crippen LogP contribution >= 0.6 is 7.82 Å². The standard InChI is InChI=1S/C12H17O6P/c1-8-4-2-3-5-9(8)10-6-11(12(7-13)17-10)18-19(14,15)16/h2-5,10-13H,6-7H2,1H3,(H2,14,15,16)/t10-,11+,12-/m1/s1. The van der Waals surface area contributed by atoms with Gasteiger partial charge in [-0.05, 0) is 18.1 Å². The van der Waals surface area contributed by atoms with E-state index in [-0.39, 0.29) is 12.7 Å². The molecule has 0 amide bonds. The Morgan fingerprint density at radius 3 is 2.68 bits per heavy atom. The summed E-state index contributed by atoms with van der Waals surface area (Å²) in [5.74, 6) is 0. The van der Waals surface area contributed by atoms with Gasteiger partial charge in [0.2, 0.25) is 0 Å². The number of hydrogen-bond acceptors (Lipinski definition) is 4. The van der Waals surface area contributed by atoms with Crippen LogP contribution in [0.2, 0.25) is 0 Å². The molecule has 1 heterocycles. The molecule has 6 nitrogen and oxygen atoms in total. The molecule has 1 aromatic rings. The van der Waals surface area contributed by atoms with Gasteiger partial charge in [0, 0.05) is 6.42 Å². The van der Waals surface area contributed by atoms with Crippen molar-refractivity contribution in [3.8, 4) is 0 Å². The lowest BCUT2D eigenvalue weighted by Gasteiger charge is -2.16. The highest BCUT2D eigenvalue weighted by Gasteiger charge is 2.40. The Balaban J connectivity index is 2.15. The van der Waals surface area contributed by atoms with Gasteiger partial charge < -0.3 is 19.6 Å². The maximum Gasteiger partial charge on any atom is 0.469 e. The molecule has 0 unspecified atom stereocenters. The van der Waals surface area contributed by atoms with E-state index in [1.807, 2.05) is 31.2 Å². The summed E-state index contributed by atoms with van der Waals surface area (Å²) < 4.78 is 21.2. The van der Waals surface area contributed by atoms with Crippen molar-refractivity contribution in [3.05, 3.63) is 35.4 Å². The molecule has 7 heteroatoms. The zero-order valence-electron chi connectivity index (χ0n) is 10.5. The van der Waals surface area contributed by atoms with Crippen molar-refractivity contribution in [1.29, 1.82) is 0 Å². The van der Waals surface area contributed by atoms with Gasteiger partial charge in [0.1, 0.15) is 12.2 Å². The average molecular weight is 288 g/mol. The van der Waals surface area contributed by atoms with Crippen molar-refractivity contribution in [2.24, 2.45) is 0 Å². The number of ether oxygens (including phenoxy) is 1. The van der Waals surface area contributed by atoms with Crippen molar-refractivity contribution in [2.45, 2.75) is 31.7 Å². The third kappa shape index (κ3) is 3.63. The summed E-state index contributed by atoms with van der Waals surface area (Å²) in [6.45, 7) is 1.59. The zero-order chi connectivity index (χ0) is 14.0. The van der Waals surface area contributed by atoms with Crippen LogP contribution in [0.15, 0.2) is 24.3 Å². The van der Waals surface area contributed by atoms with Gasteiger partial charge in [-0.3, -0.25) is 4.52 Å². The molecule has 106 valence electrons. The Morgan fingerprint density at radius 2 is 2.11 bits per heavy atom. The first-order chi connectivity index (χ1) is 8.90. The molecule has 1 saturated heterocycles. The molecule has 1 aliphatic rings. The second kappa shape index (κ2) is 5.71. The van der Waals surface area contributed by atoms with Crippen LogP contribution in [0.4, 0.5) is 0 Å². The Morgan fingerprint density at radius 1 is 1.42 bits per heavy atom. The van der Waals surface area contributed by atoms with Gasteiger partial charge in [0.25, 0.3) is 0 Å². The molecule has 0 saturated carbocycles. The van der Waals surface area contributed by atoms with E-state index >= 15 is 0 Å². The number of benzene rings is 1. The molecular formula is C12H17O6P. The van der Waals surface area contributed by atoms with Gasteiger partial charge >= 0.3 is 7.82 Å². The zero-order valence-corrected chi connectivity index (χ0v) is 11.4. The number of phosphoric ester groups is 1. The first-order valence-corrected chi connectivity index (χ1v) is 7.49. The number of hydrogen-bond donors (Lipinski definition) is 3. The average Bonchev–Trinajstić information content (AvgIpc) is 2.70. The summed E-state index contributed by atoms with van der Waals surface area (Å²) in [4.78, 5) is 17.7. The second-order valence-corrected chi connectivity index (χ2v) is 5.76. The minimum absolute atomic E-state index is 0.307. The van der Waals surface area contributed by atoms with Crippen molar-refractivity contribution < 1.29 is 28.7 Å². The van der Waals surface area contributed by atoms with Crippen LogP contribution in [-0.4, -0.2) is 33.7 Å². The van der Waals surface area contributed by atoms with Gasteiger partial charge in [-0.25, -0.2) is 4.57 Å². The molecule has 1 aliphatic heterocycles. The van der Waals surface area contributed by atoms with Gasteiger partial charge in [-0.2, -0.15) is 0 Å². The fourth-order valence-corrected chi connectivity index (χ4v) is 2.89. The van der Waals surface area contributed by atoms with E-state index in [1.54, 1.807) is 0 Å². The van der Waals surface area contributed by atoms with Crippen LogP contribution in [0.25, 0.3) is 0 Å². The highest BCUT2D eigenvalue weighted by Crippen LogP contribution is 2.45. The number of rotatable bonds is 4. The molecular weight excluding hydrogens is 271 g/mol. The van der Waals surface area contributed by atoms with Crippen LogP contribution in [-0.2, 0) is 13.8 Å². The van der Waals surface area contributed by atoms with Gasteiger partial charge in [-0.15, -0.1) is 0 Å². The molecule has 0 bridgehead atoms. The smallest absolute Gasteiger partial charge is 0.394 e. The van der Waals surface area contributed by atoms with Gasteiger partial charge in [0.05, 0.1) is 12.7 Å². The van der Waals surface area contributed by atoms with Crippen molar-refractivity contribution in [3.63, 3.8) is 0 Å². The normalized spacial score (nSPS) is 27.7. The Bertz CT molecular complexity index is 485. The summed E-state index contributed by atoms with van der Waals surface area (Å²) >= 11 is 0. The van der Waals surface area contributed by atoms with Crippen molar-refractivity contribution in [1.82, 2.24) is 0 Å². The molecule has 19 heavy (non-hydrogen) atoms. The summed E-state index contributed by atoms with van der Waals surface area (Å²) in [7, 11) is -4.59. The fourth-order valence-electron chi connectivity index (χ4n) is 2.31. The highest BCUT2D eigenvalue weighted by atomic mass is 31.2. The van der Waals surface area contributed by atoms with E-state index < -0.39 is 20.0 Å². The van der Waals surface area contributed by atoms with Gasteiger partial charge in [0.15, 0.2) is 0 Å². The lowest BCUT2D eigenvalue weighted by Crippen LogP contribution is -2.26. The summed E-state index contributed by atoms with van der Waals surface area (Å²) in [6.07, 6.45) is -1.55. The second-order valence-electron chi connectivity index (χ2n) is 4.57. The lowest BCUT2D eigenvalue weighted by atomic mass is 10.0. The predicted octanol–water partition coefficient (Wildman–Crippen LogP) is 1.30. The largest absolute Gasteiger partial charge is 0.469 e. The summed E-state index contributed by atoms with van der Waals surface area (Å²) in [5, 5.41) is 9.21. The molecule has 3 N–H and O–H groups in total. The number of aryl methyl sites for hydroxylation is 1. The molecule has 0 spiro atoms. The summed E-state index contributed by atoms with van der Waals surface area (Å²) in [5.41, 5.74) is 1.97. The van der Waals surface area contributed by atoms with Crippen LogP contribution in [0.1, 0.15) is 23.7 Å². The third-order valence-electron chi connectivity index (χ3n) is 3.19. The van der Waals surface area contributed by atoms with Crippen LogP contribution < -0.4 is 0 Å². The minimum Gasteiger partial charge on any atom is -0.394 e. The quantitative estimate of drug-likeness (QED) is 0.723. The van der Waals surface area contributed by atoms with E-state index in [0.717, 1.165) is 11.1 Å². The molecule has 1 fully saturated rings. The van der Waals surface area contributed by atoms with E-state index in [1.165, 1.54) is 0 Å². The van der Waals surface area contributed by atoms with Crippen molar-refractivity contribution >= 4 is 7.82 Å². The van der Waals surface area contributed by atoms with Gasteiger partial charge in [-0.1, -0.05) is 24.3 Å². The Kier molecular flexibility index (Phi) is 4.40. The number of aliphatic hydroxyl groups is 1. The third-order valence-corrected chi connectivity index (χ3v) is 3.73. The minimum atomic E-state index is -4.59. The number of phosphoric acid groups is 1. The summed E-state index contributed by atoms with van der Waals surface area (Å²) in [6, 6.07) is 7.61. The topological polar surface area (TPSA) is 96.2 Å². The van der Waals surface area contributed by atoms with E-state index in [0.29, 0.717) is 6.42 Å². The first kappa shape index (κ1) is 14.7. The van der Waals surface area contributed by atoms with Crippen LogP contribution in [0.3, 0.4) is 0 Å². The van der Waals surface area contributed by atoms with Crippen LogP contribution in [0.5, 0.6) is 0 Å². The predicted molar refractivity (Wildman–Crippen MR) is 67.4 cm³/mol. The van der Waals surface area contributed by atoms with Crippen LogP contribution in [0, 0.1) is 6.92 Å². The fraction of sp³-hybridized carbons (Fsp3) is 0.500. The first-order valence-electron chi connectivity index (χ1n) is 5.96. The SMILES string of the molecule is Cc1ccccc1[C@H]1C[C@H](OP(=O)(O)O)[C@@H](CO)O1. The highest BCUT2D eigenvalue weighted by molar-refractivity contribution is 7.46. The van der Waals surface area contributed by atoms with E-state index in [9.17, 15) is 9.67 Å². The lowest BCUT2D eigenvalue weighted by molar-refractivity contribution is -0.0222. The molecule has 3 atom stereocenters. The van der Waals surface area contributed by atoms with E-state index in [4.69, 9.17) is 14.5 Å². The molecule has 1 aromatic carbocycles. The Labute approximate surface area is 111 Å². The monoisotopic (exact) mass is 288 g/mol. The Hall–Kier alpha value is -0.750. The maximum atomic E-state index is 10.9. The molecule has 0 aliphatic carbocycles. The maximum absolute atomic E-state index is 10.9. The molecule has 0 radical (unpaired) electrons. The van der Waals surface area contributed by atoms with Crippen molar-refractivity contribution in [2.75, 3.05) is 6.61 Å². The van der Waals surface area contributed by atoms with E-state index in [2.05, 4.69) is 4.52 Å². The number of aliphatic hydroxyl groups excluding tert-OH is 1. The molecule has 0 aromatic heterocycles.